The first-order valence-electron chi connectivity index (χ1n) is 9.88. The highest BCUT2D eigenvalue weighted by Crippen LogP contribution is 2.32. The van der Waals surface area contributed by atoms with E-state index in [9.17, 15) is 9.00 Å². The Bertz CT molecular complexity index is 1110. The lowest BCUT2D eigenvalue weighted by atomic mass is 10.1. The molecule has 154 valence electrons. The van der Waals surface area contributed by atoms with Crippen LogP contribution in [0, 0.1) is 0 Å². The Labute approximate surface area is 176 Å². The van der Waals surface area contributed by atoms with Gasteiger partial charge in [-0.15, -0.1) is 0 Å². The molecule has 8 nitrogen and oxygen atoms in total. The summed E-state index contributed by atoms with van der Waals surface area (Å²) in [6.45, 7) is 0.602. The Morgan fingerprint density at radius 3 is 2.70 bits per heavy atom. The normalized spacial score (nSPS) is 21.0. The van der Waals surface area contributed by atoms with Crippen molar-refractivity contribution >= 4 is 22.5 Å². The molecule has 3 aromatic rings. The van der Waals surface area contributed by atoms with Gasteiger partial charge >= 0.3 is 0 Å². The van der Waals surface area contributed by atoms with Crippen molar-refractivity contribution < 1.29 is 13.4 Å². The second-order valence-electron chi connectivity index (χ2n) is 7.54. The molecule has 9 heteroatoms. The van der Waals surface area contributed by atoms with E-state index in [1.54, 1.807) is 24.4 Å². The Morgan fingerprint density at radius 2 is 1.97 bits per heavy atom. The van der Waals surface area contributed by atoms with Gasteiger partial charge in [-0.3, -0.25) is 9.00 Å². The van der Waals surface area contributed by atoms with Gasteiger partial charge in [0.05, 0.1) is 22.7 Å². The summed E-state index contributed by atoms with van der Waals surface area (Å²) in [6.07, 6.45) is 5.06. The summed E-state index contributed by atoms with van der Waals surface area (Å²) in [6, 6.07) is 7.79. The minimum Gasteiger partial charge on any atom is -0.445 e. The third-order valence-electron chi connectivity index (χ3n) is 5.48. The van der Waals surface area contributed by atoms with Crippen molar-refractivity contribution in [3.63, 3.8) is 0 Å². The zero-order chi connectivity index (χ0) is 20.7. The summed E-state index contributed by atoms with van der Waals surface area (Å²) in [5.74, 6) is 2.49. The van der Waals surface area contributed by atoms with Crippen LogP contribution in [-0.2, 0) is 22.0 Å². The minimum atomic E-state index is -1.11. The van der Waals surface area contributed by atoms with Crippen LogP contribution in [0.15, 0.2) is 46.0 Å². The van der Waals surface area contributed by atoms with Crippen LogP contribution in [0.4, 0.5) is 5.82 Å². The Hall–Kier alpha value is -3.07. The first-order chi connectivity index (χ1) is 14.6. The summed E-state index contributed by atoms with van der Waals surface area (Å²) in [5, 5.41) is 3.44. The van der Waals surface area contributed by atoms with Crippen LogP contribution in [0.5, 0.6) is 0 Å². The summed E-state index contributed by atoms with van der Waals surface area (Å²) in [5.41, 5.74) is 2.57. The lowest BCUT2D eigenvalue weighted by Crippen LogP contribution is -2.43. The molecule has 1 saturated heterocycles. The van der Waals surface area contributed by atoms with E-state index < -0.39 is 10.8 Å². The molecule has 30 heavy (non-hydrogen) atoms. The van der Waals surface area contributed by atoms with Gasteiger partial charge in [0.1, 0.15) is 17.0 Å². The lowest BCUT2D eigenvalue weighted by molar-refractivity contribution is -0.132. The molecular formula is C21H21N5O3S. The topological polar surface area (TPSA) is 101 Å². The molecule has 1 aromatic carbocycles. The number of likely N-dealkylation sites (N-methyl/N-ethyl adjacent to an activating group) is 1. The van der Waals surface area contributed by atoms with Gasteiger partial charge in [-0.1, -0.05) is 12.1 Å². The third-order valence-corrected chi connectivity index (χ3v) is 6.94. The highest BCUT2D eigenvalue weighted by molar-refractivity contribution is 7.85. The molecule has 0 bridgehead atoms. The predicted octanol–water partition coefficient (Wildman–Crippen LogP) is 2.50. The highest BCUT2D eigenvalue weighted by atomic mass is 32.2. The molecule has 0 unspecified atom stereocenters. The van der Waals surface area contributed by atoms with Gasteiger partial charge in [0.25, 0.3) is 0 Å². The fourth-order valence-corrected chi connectivity index (χ4v) is 5.19. The molecule has 4 heterocycles. The molecule has 0 aliphatic carbocycles. The number of anilines is 1. The molecule has 2 aliphatic rings. The number of nitrogens with zero attached hydrogens (tertiary/aromatic N) is 4. The zero-order valence-electron chi connectivity index (χ0n) is 16.5. The Morgan fingerprint density at radius 1 is 1.17 bits per heavy atom. The van der Waals surface area contributed by atoms with E-state index in [0.29, 0.717) is 47.6 Å². The van der Waals surface area contributed by atoms with Crippen molar-refractivity contribution in [1.82, 2.24) is 19.9 Å². The van der Waals surface area contributed by atoms with Crippen LogP contribution in [0.25, 0.3) is 22.8 Å². The van der Waals surface area contributed by atoms with Crippen LogP contribution < -0.4 is 5.32 Å². The van der Waals surface area contributed by atoms with Gasteiger partial charge in [0.15, 0.2) is 5.82 Å². The largest absolute Gasteiger partial charge is 0.445 e. The van der Waals surface area contributed by atoms with Crippen molar-refractivity contribution in [3.05, 3.63) is 42.4 Å². The molecule has 1 fully saturated rings. The molecule has 2 aliphatic heterocycles. The van der Waals surface area contributed by atoms with Crippen molar-refractivity contribution in [2.24, 2.45) is 0 Å². The van der Waals surface area contributed by atoms with Gasteiger partial charge in [-0.25, -0.2) is 15.0 Å². The van der Waals surface area contributed by atoms with E-state index >= 15 is 0 Å². The lowest BCUT2D eigenvalue weighted by Gasteiger charge is -2.30. The number of rotatable bonds is 4. The SMILES string of the molecule is CN1C[C@@H](Nc2nc(-c3ccc(-c4ncco4)cc3)nc3c2[S@](=O)CC3)CCC1=O. The average Bonchev–Trinajstić information content (AvgIpc) is 3.41. The number of benzene rings is 1. The molecule has 1 N–H and O–H groups in total. The number of aryl methyl sites for hydroxylation is 1. The molecule has 0 spiro atoms. The quantitative estimate of drug-likeness (QED) is 0.688. The van der Waals surface area contributed by atoms with Gasteiger partial charge < -0.3 is 14.6 Å². The van der Waals surface area contributed by atoms with Gasteiger partial charge in [0.2, 0.25) is 11.8 Å². The number of carbonyl (C=O) groups excluding carboxylic acids is 1. The highest BCUT2D eigenvalue weighted by Gasteiger charge is 2.29. The summed E-state index contributed by atoms with van der Waals surface area (Å²) < 4.78 is 17.9. The fraction of sp³-hybridized carbons (Fsp3) is 0.333. The number of carbonyl (C=O) groups is 1. The van der Waals surface area contributed by atoms with Crippen LogP contribution in [0.1, 0.15) is 18.5 Å². The van der Waals surface area contributed by atoms with Crippen LogP contribution in [0.2, 0.25) is 0 Å². The maximum atomic E-state index is 12.6. The van der Waals surface area contributed by atoms with Crippen LogP contribution in [-0.4, -0.2) is 55.4 Å². The maximum absolute atomic E-state index is 12.6. The number of oxazole rings is 1. The summed E-state index contributed by atoms with van der Waals surface area (Å²) >= 11 is 0. The monoisotopic (exact) mass is 423 g/mol. The van der Waals surface area contributed by atoms with Crippen molar-refractivity contribution in [2.45, 2.75) is 30.2 Å². The van der Waals surface area contributed by atoms with Crippen molar-refractivity contribution in [2.75, 3.05) is 24.7 Å². The smallest absolute Gasteiger partial charge is 0.225 e. The molecule has 2 atom stereocenters. The number of fused-ring (bicyclic) bond motifs is 1. The Balaban J connectivity index is 1.47. The number of nitrogens with one attached hydrogen (secondary N) is 1. The van der Waals surface area contributed by atoms with E-state index in [0.717, 1.165) is 23.2 Å². The number of hydrogen-bond acceptors (Lipinski definition) is 7. The minimum absolute atomic E-state index is 0.0737. The molecular weight excluding hydrogens is 402 g/mol. The van der Waals surface area contributed by atoms with E-state index in [1.165, 1.54) is 0 Å². The zero-order valence-corrected chi connectivity index (χ0v) is 17.3. The van der Waals surface area contributed by atoms with Crippen LogP contribution in [0.3, 0.4) is 0 Å². The van der Waals surface area contributed by atoms with Crippen LogP contribution >= 0.6 is 0 Å². The second kappa shape index (κ2) is 7.64. The average molecular weight is 423 g/mol. The van der Waals surface area contributed by atoms with Crippen molar-refractivity contribution in [3.8, 4) is 22.8 Å². The third kappa shape index (κ3) is 3.49. The number of piperidine rings is 1. The predicted molar refractivity (Wildman–Crippen MR) is 112 cm³/mol. The van der Waals surface area contributed by atoms with E-state index in [2.05, 4.69) is 10.3 Å². The van der Waals surface area contributed by atoms with Crippen molar-refractivity contribution in [1.29, 1.82) is 0 Å². The number of likely N-dealkylation sites (tertiary alicyclic amines) is 1. The number of hydrogen-bond donors (Lipinski definition) is 1. The van der Waals surface area contributed by atoms with Gasteiger partial charge in [0, 0.05) is 49.4 Å². The Kier molecular flexibility index (Phi) is 4.82. The first-order valence-corrected chi connectivity index (χ1v) is 11.2. The molecule has 0 saturated carbocycles. The summed E-state index contributed by atoms with van der Waals surface area (Å²) in [4.78, 5) is 27.8. The van der Waals surface area contributed by atoms with Gasteiger partial charge in [-0.2, -0.15) is 0 Å². The molecule has 0 radical (unpaired) electrons. The standard InChI is InChI=1S/C21H21N5O3S/c1-26-12-15(6-7-17(26)27)23-20-18-16(8-11-30(18)28)24-19(25-20)13-2-4-14(5-3-13)21-22-9-10-29-21/h2-5,9-10,15H,6-8,11-12H2,1H3,(H,23,24,25)/t15-,30+/m0/s1. The van der Waals surface area contributed by atoms with E-state index in [4.69, 9.17) is 14.4 Å². The number of amides is 1. The van der Waals surface area contributed by atoms with E-state index in [-0.39, 0.29) is 11.9 Å². The molecule has 5 rings (SSSR count). The second-order valence-corrected chi connectivity index (χ2v) is 9.05. The first kappa shape index (κ1) is 18.9. The molecule has 2 aromatic heterocycles. The number of aromatic nitrogens is 3. The van der Waals surface area contributed by atoms with Gasteiger partial charge in [-0.05, 0) is 18.6 Å². The van der Waals surface area contributed by atoms with E-state index in [1.807, 2.05) is 24.3 Å². The fourth-order valence-electron chi connectivity index (χ4n) is 3.88. The molecule has 1 amide bonds. The summed E-state index contributed by atoms with van der Waals surface area (Å²) in [7, 11) is 0.698. The maximum Gasteiger partial charge on any atom is 0.225 e.